The molecule has 2 aliphatic rings. The number of hydrogen-bond donors (Lipinski definition) is 1. The van der Waals surface area contributed by atoms with Gasteiger partial charge in [0.25, 0.3) is 0 Å². The Morgan fingerprint density at radius 3 is 2.19 bits per heavy atom. The van der Waals surface area contributed by atoms with E-state index in [1.54, 1.807) is 0 Å². The molecule has 2 rings (SSSR count). The van der Waals surface area contributed by atoms with E-state index in [0.29, 0.717) is 18.2 Å². The first-order chi connectivity index (χ1) is 9.72. The lowest BCUT2D eigenvalue weighted by molar-refractivity contribution is -0.150. The van der Waals surface area contributed by atoms with E-state index in [1.807, 2.05) is 0 Å². The third-order valence-corrected chi connectivity index (χ3v) is 5.09. The number of amides is 1. The number of hydrogen-bond acceptors (Lipinski definition) is 3. The van der Waals surface area contributed by atoms with Crippen LogP contribution in [0, 0.1) is 5.92 Å². The SMILES string of the molecule is CC1(C)CC(N)CC(C)(C)N1C(=O)CCC1CCOCC1. The standard InChI is InChI=1S/C17H32N2O2/c1-16(2)11-14(18)12-17(3,4)19(16)15(20)6-5-13-7-9-21-10-8-13/h13-14H,5-12,18H2,1-4H3. The fraction of sp³-hybridized carbons (Fsp3) is 0.941. The number of carbonyl (C=O) groups is 1. The van der Waals surface area contributed by atoms with E-state index in [-0.39, 0.29) is 17.1 Å². The number of rotatable bonds is 3. The van der Waals surface area contributed by atoms with E-state index in [2.05, 4.69) is 32.6 Å². The van der Waals surface area contributed by atoms with Gasteiger partial charge in [0.05, 0.1) is 0 Å². The lowest BCUT2D eigenvalue weighted by Crippen LogP contribution is -2.65. The molecule has 0 bridgehead atoms. The van der Waals surface area contributed by atoms with Gasteiger partial charge in [-0.25, -0.2) is 0 Å². The lowest BCUT2D eigenvalue weighted by atomic mass is 9.77. The molecule has 0 spiro atoms. The summed E-state index contributed by atoms with van der Waals surface area (Å²) in [4.78, 5) is 14.9. The summed E-state index contributed by atoms with van der Waals surface area (Å²) in [6.45, 7) is 10.3. The zero-order valence-electron chi connectivity index (χ0n) is 14.2. The van der Waals surface area contributed by atoms with Gasteiger partial charge in [0.1, 0.15) is 0 Å². The van der Waals surface area contributed by atoms with Gasteiger partial charge in [-0.2, -0.15) is 0 Å². The maximum atomic E-state index is 12.8. The summed E-state index contributed by atoms with van der Waals surface area (Å²) in [5.41, 5.74) is 5.90. The van der Waals surface area contributed by atoms with Crippen molar-refractivity contribution in [2.75, 3.05) is 13.2 Å². The van der Waals surface area contributed by atoms with Gasteiger partial charge in [0.2, 0.25) is 5.91 Å². The van der Waals surface area contributed by atoms with Crippen molar-refractivity contribution in [1.82, 2.24) is 4.90 Å². The Hall–Kier alpha value is -0.610. The monoisotopic (exact) mass is 296 g/mol. The Kier molecular flexibility index (Phi) is 4.99. The largest absolute Gasteiger partial charge is 0.381 e. The Morgan fingerprint density at radius 1 is 1.14 bits per heavy atom. The van der Waals surface area contributed by atoms with Gasteiger partial charge >= 0.3 is 0 Å². The molecule has 0 aromatic carbocycles. The average molecular weight is 296 g/mol. The van der Waals surface area contributed by atoms with Gasteiger partial charge < -0.3 is 15.4 Å². The van der Waals surface area contributed by atoms with Crippen LogP contribution in [0.15, 0.2) is 0 Å². The molecule has 2 saturated heterocycles. The van der Waals surface area contributed by atoms with Gasteiger partial charge in [-0.15, -0.1) is 0 Å². The van der Waals surface area contributed by atoms with E-state index in [9.17, 15) is 4.79 Å². The average Bonchev–Trinajstić information content (AvgIpc) is 2.34. The molecular formula is C17H32N2O2. The van der Waals surface area contributed by atoms with Crippen molar-refractivity contribution in [3.8, 4) is 0 Å². The van der Waals surface area contributed by atoms with E-state index >= 15 is 0 Å². The highest BCUT2D eigenvalue weighted by molar-refractivity contribution is 5.78. The highest BCUT2D eigenvalue weighted by Crippen LogP contribution is 2.38. The highest BCUT2D eigenvalue weighted by Gasteiger charge is 2.46. The Labute approximate surface area is 129 Å². The predicted molar refractivity (Wildman–Crippen MR) is 85.0 cm³/mol. The van der Waals surface area contributed by atoms with E-state index < -0.39 is 0 Å². The number of nitrogens with two attached hydrogens (primary N) is 1. The molecule has 0 aliphatic carbocycles. The fourth-order valence-corrected chi connectivity index (χ4v) is 4.51. The minimum Gasteiger partial charge on any atom is -0.381 e. The molecule has 2 fully saturated rings. The Balaban J connectivity index is 1.98. The summed E-state index contributed by atoms with van der Waals surface area (Å²) in [5.74, 6) is 0.948. The molecule has 2 N–H and O–H groups in total. The van der Waals surface area contributed by atoms with Crippen LogP contribution >= 0.6 is 0 Å². The minimum absolute atomic E-state index is 0.145. The van der Waals surface area contributed by atoms with E-state index in [0.717, 1.165) is 45.3 Å². The molecule has 2 heterocycles. The van der Waals surface area contributed by atoms with Crippen LogP contribution in [0.3, 0.4) is 0 Å². The van der Waals surface area contributed by atoms with Crippen LogP contribution < -0.4 is 5.73 Å². The number of ether oxygens (including phenoxy) is 1. The number of likely N-dealkylation sites (tertiary alicyclic amines) is 1. The van der Waals surface area contributed by atoms with Gasteiger partial charge in [0, 0.05) is 36.8 Å². The second-order valence-electron chi connectivity index (χ2n) is 8.12. The smallest absolute Gasteiger partial charge is 0.223 e. The van der Waals surface area contributed by atoms with Crippen molar-refractivity contribution < 1.29 is 9.53 Å². The third-order valence-electron chi connectivity index (χ3n) is 5.09. The first-order valence-electron chi connectivity index (χ1n) is 8.39. The highest BCUT2D eigenvalue weighted by atomic mass is 16.5. The second-order valence-corrected chi connectivity index (χ2v) is 8.12. The predicted octanol–water partition coefficient (Wildman–Crippen LogP) is 2.70. The minimum atomic E-state index is -0.145. The zero-order chi connectivity index (χ0) is 15.7. The number of piperidine rings is 1. The molecule has 0 radical (unpaired) electrons. The maximum Gasteiger partial charge on any atom is 0.223 e. The van der Waals surface area contributed by atoms with Crippen LogP contribution in [0.2, 0.25) is 0 Å². The zero-order valence-corrected chi connectivity index (χ0v) is 14.2. The summed E-state index contributed by atoms with van der Waals surface area (Å²) in [6.07, 6.45) is 5.64. The van der Waals surface area contributed by atoms with Crippen LogP contribution in [0.1, 0.15) is 66.2 Å². The van der Waals surface area contributed by atoms with Crippen LogP contribution in [0.25, 0.3) is 0 Å². The summed E-state index contributed by atoms with van der Waals surface area (Å²) >= 11 is 0. The summed E-state index contributed by atoms with van der Waals surface area (Å²) in [7, 11) is 0. The Morgan fingerprint density at radius 2 is 1.67 bits per heavy atom. The van der Waals surface area contributed by atoms with Crippen LogP contribution in [-0.2, 0) is 9.53 Å². The summed E-state index contributed by atoms with van der Waals surface area (Å²) in [5, 5.41) is 0. The van der Waals surface area contributed by atoms with Gasteiger partial charge in [-0.1, -0.05) is 0 Å². The summed E-state index contributed by atoms with van der Waals surface area (Å²) in [6, 6.07) is 0.189. The van der Waals surface area contributed by atoms with Crippen molar-refractivity contribution in [3.05, 3.63) is 0 Å². The van der Waals surface area contributed by atoms with E-state index in [1.165, 1.54) is 0 Å². The molecule has 4 heteroatoms. The van der Waals surface area contributed by atoms with Crippen molar-refractivity contribution in [3.63, 3.8) is 0 Å². The third kappa shape index (κ3) is 3.98. The van der Waals surface area contributed by atoms with Crippen LogP contribution in [-0.4, -0.2) is 41.1 Å². The second kappa shape index (κ2) is 6.25. The topological polar surface area (TPSA) is 55.6 Å². The van der Waals surface area contributed by atoms with Crippen LogP contribution in [0.4, 0.5) is 0 Å². The molecule has 122 valence electrons. The Bertz CT molecular complexity index is 355. The van der Waals surface area contributed by atoms with Gasteiger partial charge in [-0.3, -0.25) is 4.79 Å². The maximum absolute atomic E-state index is 12.8. The molecular weight excluding hydrogens is 264 g/mol. The van der Waals surface area contributed by atoms with Crippen molar-refractivity contribution in [2.24, 2.45) is 11.7 Å². The molecule has 2 aliphatic heterocycles. The molecule has 1 amide bonds. The molecule has 0 saturated carbocycles. The van der Waals surface area contributed by atoms with Crippen molar-refractivity contribution >= 4 is 5.91 Å². The summed E-state index contributed by atoms with van der Waals surface area (Å²) < 4.78 is 5.39. The van der Waals surface area contributed by atoms with Crippen molar-refractivity contribution in [1.29, 1.82) is 0 Å². The molecule has 0 atom stereocenters. The lowest BCUT2D eigenvalue weighted by Gasteiger charge is -2.55. The van der Waals surface area contributed by atoms with Gasteiger partial charge in [0.15, 0.2) is 0 Å². The van der Waals surface area contributed by atoms with Gasteiger partial charge in [-0.05, 0) is 65.7 Å². The van der Waals surface area contributed by atoms with Crippen molar-refractivity contribution in [2.45, 2.75) is 83.3 Å². The van der Waals surface area contributed by atoms with E-state index in [4.69, 9.17) is 10.5 Å². The quantitative estimate of drug-likeness (QED) is 0.871. The molecule has 0 unspecified atom stereocenters. The number of carbonyl (C=O) groups excluding carboxylic acids is 1. The molecule has 21 heavy (non-hydrogen) atoms. The first kappa shape index (κ1) is 16.8. The number of nitrogens with zero attached hydrogens (tertiary/aromatic N) is 1. The first-order valence-corrected chi connectivity index (χ1v) is 8.39. The molecule has 4 nitrogen and oxygen atoms in total. The fourth-order valence-electron chi connectivity index (χ4n) is 4.51. The molecule has 0 aromatic heterocycles. The molecule has 0 aromatic rings. The van der Waals surface area contributed by atoms with Crippen LogP contribution in [0.5, 0.6) is 0 Å². The normalized spacial score (nSPS) is 26.8.